The highest BCUT2D eigenvalue weighted by Crippen LogP contribution is 2.53. The molecule has 0 bridgehead atoms. The summed E-state index contributed by atoms with van der Waals surface area (Å²) in [5.41, 5.74) is -1.01. The van der Waals surface area contributed by atoms with Crippen molar-refractivity contribution in [1.29, 1.82) is 0 Å². The van der Waals surface area contributed by atoms with Gasteiger partial charge in [0, 0.05) is 16.3 Å². The number of benzene rings is 1. The highest BCUT2D eigenvalue weighted by molar-refractivity contribution is 9.09. The maximum absolute atomic E-state index is 13.9. The molecule has 1 fully saturated rings. The van der Waals surface area contributed by atoms with Crippen molar-refractivity contribution in [3.63, 3.8) is 0 Å². The molecule has 1 saturated carbocycles. The van der Waals surface area contributed by atoms with Gasteiger partial charge in [0.15, 0.2) is 11.6 Å². The van der Waals surface area contributed by atoms with Gasteiger partial charge in [-0.25, -0.2) is 4.39 Å². The first-order chi connectivity index (χ1) is 9.85. The maximum Gasteiger partial charge on any atom is 0.307 e. The van der Waals surface area contributed by atoms with E-state index in [2.05, 4.69) is 15.9 Å². The molecule has 0 aromatic heterocycles. The molecule has 4 nitrogen and oxygen atoms in total. The average Bonchev–Trinajstić information content (AvgIpc) is 2.43. The molecule has 0 heterocycles. The number of hydrogen-bond acceptors (Lipinski definition) is 3. The SMILES string of the molecule is CCC1(CC)C(Br)CC1Oc1cc(F)c([N+](=O)[O-])cc1F. The molecule has 2 unspecified atom stereocenters. The molecular weight excluding hydrogens is 348 g/mol. The third-order valence-electron chi connectivity index (χ3n) is 4.47. The van der Waals surface area contributed by atoms with Gasteiger partial charge in [-0.3, -0.25) is 10.1 Å². The van der Waals surface area contributed by atoms with Gasteiger partial charge in [0.2, 0.25) is 5.82 Å². The summed E-state index contributed by atoms with van der Waals surface area (Å²) in [6.07, 6.45) is 2.16. The molecule has 21 heavy (non-hydrogen) atoms. The zero-order chi connectivity index (χ0) is 15.8. The molecule has 1 aromatic rings. The van der Waals surface area contributed by atoms with E-state index in [1.165, 1.54) is 0 Å². The lowest BCUT2D eigenvalue weighted by Crippen LogP contribution is -2.56. The van der Waals surface area contributed by atoms with Crippen molar-refractivity contribution in [1.82, 2.24) is 0 Å². The van der Waals surface area contributed by atoms with E-state index >= 15 is 0 Å². The molecule has 0 amide bonds. The number of ether oxygens (including phenoxy) is 1. The molecule has 1 aliphatic rings. The van der Waals surface area contributed by atoms with Crippen LogP contribution in [-0.2, 0) is 0 Å². The third kappa shape index (κ3) is 2.63. The van der Waals surface area contributed by atoms with Crippen LogP contribution in [0.25, 0.3) is 0 Å². The Morgan fingerprint density at radius 1 is 1.38 bits per heavy atom. The second-order valence-electron chi connectivity index (χ2n) is 5.24. The number of nitro groups is 1. The standard InChI is InChI=1S/C14H16BrF2NO3/c1-3-14(4-2)12(15)7-13(14)21-11-6-8(16)10(18(19)20)5-9(11)17/h5-6,12-13H,3-4,7H2,1-2H3. The Morgan fingerprint density at radius 2 is 2.00 bits per heavy atom. The van der Waals surface area contributed by atoms with Crippen molar-refractivity contribution in [2.75, 3.05) is 0 Å². The molecule has 0 radical (unpaired) electrons. The van der Waals surface area contributed by atoms with Crippen LogP contribution in [0, 0.1) is 27.2 Å². The molecule has 7 heteroatoms. The molecule has 1 aliphatic carbocycles. The zero-order valence-corrected chi connectivity index (χ0v) is 13.3. The Balaban J connectivity index is 2.25. The molecule has 0 saturated heterocycles. The number of nitrogens with zero attached hydrogens (tertiary/aromatic N) is 1. The average molecular weight is 364 g/mol. The molecule has 116 valence electrons. The number of halogens is 3. The van der Waals surface area contributed by atoms with Crippen LogP contribution in [0.1, 0.15) is 33.1 Å². The Kier molecular flexibility index (Phi) is 4.51. The summed E-state index contributed by atoms with van der Waals surface area (Å²) in [4.78, 5) is 9.88. The van der Waals surface area contributed by atoms with E-state index in [1.54, 1.807) is 0 Å². The first-order valence-corrected chi connectivity index (χ1v) is 7.71. The van der Waals surface area contributed by atoms with Gasteiger partial charge in [-0.05, 0) is 19.3 Å². The van der Waals surface area contributed by atoms with Gasteiger partial charge in [0.1, 0.15) is 6.10 Å². The largest absolute Gasteiger partial charge is 0.487 e. The van der Waals surface area contributed by atoms with Crippen LogP contribution in [0.15, 0.2) is 12.1 Å². The van der Waals surface area contributed by atoms with E-state index in [1.807, 2.05) is 13.8 Å². The van der Waals surface area contributed by atoms with E-state index in [0.29, 0.717) is 12.5 Å². The van der Waals surface area contributed by atoms with Gasteiger partial charge >= 0.3 is 5.69 Å². The van der Waals surface area contributed by atoms with Crippen LogP contribution in [0.2, 0.25) is 0 Å². The lowest BCUT2D eigenvalue weighted by Gasteiger charge is -2.52. The van der Waals surface area contributed by atoms with Crippen LogP contribution in [0.4, 0.5) is 14.5 Å². The molecule has 0 N–H and O–H groups in total. The number of alkyl halides is 1. The highest BCUT2D eigenvalue weighted by Gasteiger charge is 2.53. The van der Waals surface area contributed by atoms with Gasteiger partial charge in [-0.1, -0.05) is 29.8 Å². The Hall–Kier alpha value is -1.24. The Labute approximate surface area is 129 Å². The fraction of sp³-hybridized carbons (Fsp3) is 0.571. The highest BCUT2D eigenvalue weighted by atomic mass is 79.9. The monoisotopic (exact) mass is 363 g/mol. The molecule has 0 spiro atoms. The fourth-order valence-corrected chi connectivity index (χ4v) is 4.20. The van der Waals surface area contributed by atoms with Crippen LogP contribution >= 0.6 is 15.9 Å². The zero-order valence-electron chi connectivity index (χ0n) is 11.7. The van der Waals surface area contributed by atoms with E-state index in [4.69, 9.17) is 4.74 Å². The van der Waals surface area contributed by atoms with Gasteiger partial charge in [0.05, 0.1) is 11.0 Å². The number of rotatable bonds is 5. The van der Waals surface area contributed by atoms with Crippen molar-refractivity contribution in [3.8, 4) is 5.75 Å². The quantitative estimate of drug-likeness (QED) is 0.436. The predicted molar refractivity (Wildman–Crippen MR) is 77.8 cm³/mol. The normalized spacial score (nSPS) is 23.5. The van der Waals surface area contributed by atoms with Crippen molar-refractivity contribution in [2.24, 2.45) is 5.41 Å². The minimum absolute atomic E-state index is 0.120. The van der Waals surface area contributed by atoms with Crippen LogP contribution in [-0.4, -0.2) is 15.9 Å². The predicted octanol–water partition coefficient (Wildman–Crippen LogP) is 4.59. The summed E-state index contributed by atoms with van der Waals surface area (Å²) < 4.78 is 33.0. The summed E-state index contributed by atoms with van der Waals surface area (Å²) in [7, 11) is 0. The fourth-order valence-electron chi connectivity index (χ4n) is 2.91. The van der Waals surface area contributed by atoms with Crippen LogP contribution in [0.5, 0.6) is 5.75 Å². The first-order valence-electron chi connectivity index (χ1n) is 6.79. The summed E-state index contributed by atoms with van der Waals surface area (Å²) in [6, 6.07) is 1.32. The van der Waals surface area contributed by atoms with Gasteiger partial charge in [-0.15, -0.1) is 0 Å². The smallest absolute Gasteiger partial charge is 0.307 e. The minimum Gasteiger partial charge on any atom is -0.487 e. The molecule has 1 aromatic carbocycles. The van der Waals surface area contributed by atoms with E-state index in [-0.39, 0.29) is 22.1 Å². The Bertz CT molecular complexity index is 563. The summed E-state index contributed by atoms with van der Waals surface area (Å²) in [5, 5.41) is 10.6. The van der Waals surface area contributed by atoms with Crippen LogP contribution in [0.3, 0.4) is 0 Å². The minimum atomic E-state index is -1.09. The molecule has 2 rings (SSSR count). The number of nitro benzene ring substituents is 1. The summed E-state index contributed by atoms with van der Waals surface area (Å²) >= 11 is 3.58. The summed E-state index contributed by atoms with van der Waals surface area (Å²) in [6.45, 7) is 4.06. The third-order valence-corrected chi connectivity index (χ3v) is 5.76. The van der Waals surface area contributed by atoms with E-state index < -0.39 is 22.2 Å². The van der Waals surface area contributed by atoms with Crippen molar-refractivity contribution in [3.05, 3.63) is 33.9 Å². The van der Waals surface area contributed by atoms with Crippen molar-refractivity contribution in [2.45, 2.75) is 44.0 Å². The first kappa shape index (κ1) is 16.1. The molecular formula is C14H16BrF2NO3. The number of hydrogen-bond donors (Lipinski definition) is 0. The van der Waals surface area contributed by atoms with E-state index in [0.717, 1.165) is 18.9 Å². The van der Waals surface area contributed by atoms with Crippen molar-refractivity contribution >= 4 is 21.6 Å². The van der Waals surface area contributed by atoms with Gasteiger partial charge in [0.25, 0.3) is 0 Å². The topological polar surface area (TPSA) is 52.4 Å². The lowest BCUT2D eigenvalue weighted by molar-refractivity contribution is -0.387. The van der Waals surface area contributed by atoms with Gasteiger partial charge < -0.3 is 4.74 Å². The maximum atomic E-state index is 13.9. The van der Waals surface area contributed by atoms with Gasteiger partial charge in [-0.2, -0.15) is 4.39 Å². The Morgan fingerprint density at radius 3 is 2.48 bits per heavy atom. The molecule has 0 aliphatic heterocycles. The van der Waals surface area contributed by atoms with E-state index in [9.17, 15) is 18.9 Å². The van der Waals surface area contributed by atoms with Crippen LogP contribution < -0.4 is 4.74 Å². The summed E-state index contributed by atoms with van der Waals surface area (Å²) in [5.74, 6) is -2.28. The molecule has 2 atom stereocenters. The second kappa shape index (κ2) is 5.87. The van der Waals surface area contributed by atoms with Crippen molar-refractivity contribution < 1.29 is 18.4 Å². The second-order valence-corrected chi connectivity index (χ2v) is 6.35. The lowest BCUT2D eigenvalue weighted by atomic mass is 9.62.